The first-order valence-electron chi connectivity index (χ1n) is 6.93. The summed E-state index contributed by atoms with van der Waals surface area (Å²) in [7, 11) is 0.288. The molecule has 1 aromatic carbocycles. The molecule has 0 aliphatic rings. The highest BCUT2D eigenvalue weighted by molar-refractivity contribution is 9.10. The molecule has 120 valence electrons. The van der Waals surface area contributed by atoms with Crippen molar-refractivity contribution in [2.45, 2.75) is 25.3 Å². The minimum absolute atomic E-state index is 0.298. The van der Waals surface area contributed by atoms with Crippen molar-refractivity contribution < 1.29 is 8.42 Å². The molecule has 0 aromatic heterocycles. The van der Waals surface area contributed by atoms with E-state index >= 15 is 0 Å². The minimum Gasteiger partial charge on any atom is -0.316 e. The van der Waals surface area contributed by atoms with Gasteiger partial charge in [-0.15, -0.1) is 0 Å². The molecule has 1 rings (SSSR count). The van der Waals surface area contributed by atoms with E-state index < -0.39 is 10.0 Å². The number of nitrogens with zero attached hydrogens (tertiary/aromatic N) is 1. The van der Waals surface area contributed by atoms with Crippen LogP contribution in [0.3, 0.4) is 0 Å². The molecule has 0 heterocycles. The van der Waals surface area contributed by atoms with Crippen LogP contribution in [0.4, 0.5) is 0 Å². The number of halogens is 1. The Hall–Kier alpha value is -0.470. The Morgan fingerprint density at radius 2 is 2.00 bits per heavy atom. The van der Waals surface area contributed by atoms with Crippen LogP contribution in [-0.2, 0) is 16.6 Å². The Bertz CT molecular complexity index is 576. The van der Waals surface area contributed by atoms with Crippen molar-refractivity contribution in [1.82, 2.24) is 14.9 Å². The predicted molar refractivity (Wildman–Crippen MR) is 90.0 cm³/mol. The van der Waals surface area contributed by atoms with Crippen LogP contribution >= 0.6 is 15.9 Å². The quantitative estimate of drug-likeness (QED) is 0.723. The molecule has 0 fully saturated rings. The number of sulfonamides is 1. The van der Waals surface area contributed by atoms with Crippen LogP contribution in [0, 0.1) is 6.92 Å². The van der Waals surface area contributed by atoms with Gasteiger partial charge in [-0.25, -0.2) is 13.1 Å². The van der Waals surface area contributed by atoms with Gasteiger partial charge in [-0.2, -0.15) is 0 Å². The van der Waals surface area contributed by atoms with Gasteiger partial charge in [0.05, 0.1) is 4.90 Å². The van der Waals surface area contributed by atoms with E-state index in [9.17, 15) is 8.42 Å². The van der Waals surface area contributed by atoms with E-state index in [0.29, 0.717) is 29.0 Å². The Morgan fingerprint density at radius 1 is 1.33 bits per heavy atom. The summed E-state index contributed by atoms with van der Waals surface area (Å²) in [6.45, 7) is 6.54. The molecule has 1 aromatic rings. The lowest BCUT2D eigenvalue weighted by Crippen LogP contribution is -2.33. The third-order valence-corrected chi connectivity index (χ3v) is 6.08. The van der Waals surface area contributed by atoms with Crippen LogP contribution in [0.5, 0.6) is 0 Å². The number of hydrogen-bond acceptors (Lipinski definition) is 4. The van der Waals surface area contributed by atoms with E-state index in [1.807, 2.05) is 34.0 Å². The summed E-state index contributed by atoms with van der Waals surface area (Å²) >= 11 is 3.39. The van der Waals surface area contributed by atoms with Crippen LogP contribution in [0.1, 0.15) is 18.1 Å². The van der Waals surface area contributed by atoms with Crippen molar-refractivity contribution in [2.75, 3.05) is 33.7 Å². The molecule has 0 bridgehead atoms. The molecule has 0 radical (unpaired) electrons. The van der Waals surface area contributed by atoms with Crippen LogP contribution in [0.2, 0.25) is 0 Å². The smallest absolute Gasteiger partial charge is 0.241 e. The third-order valence-electron chi connectivity index (χ3n) is 3.28. The highest BCUT2D eigenvalue weighted by atomic mass is 79.9. The fraction of sp³-hybridized carbons (Fsp3) is 0.571. The molecular weight excluding hydrogens is 354 g/mol. The molecule has 7 heteroatoms. The molecule has 2 N–H and O–H groups in total. The van der Waals surface area contributed by atoms with Gasteiger partial charge in [0.1, 0.15) is 0 Å². The van der Waals surface area contributed by atoms with Crippen molar-refractivity contribution >= 4 is 26.0 Å². The topological polar surface area (TPSA) is 61.4 Å². The first kappa shape index (κ1) is 18.6. The fourth-order valence-electron chi connectivity index (χ4n) is 1.92. The summed E-state index contributed by atoms with van der Waals surface area (Å²) in [4.78, 5) is 2.35. The van der Waals surface area contributed by atoms with Crippen molar-refractivity contribution in [3.05, 3.63) is 27.7 Å². The number of likely N-dealkylation sites (N-methyl/N-ethyl adjacent to an activating group) is 1. The normalized spacial score (nSPS) is 12.1. The first-order valence-corrected chi connectivity index (χ1v) is 9.21. The fourth-order valence-corrected chi connectivity index (χ4v) is 4.00. The molecule has 5 nitrogen and oxygen atoms in total. The van der Waals surface area contributed by atoms with Crippen LogP contribution < -0.4 is 10.0 Å². The van der Waals surface area contributed by atoms with Gasteiger partial charge in [0.15, 0.2) is 0 Å². The van der Waals surface area contributed by atoms with Crippen molar-refractivity contribution in [3.8, 4) is 0 Å². The molecule has 0 saturated heterocycles. The maximum Gasteiger partial charge on any atom is 0.241 e. The molecular formula is C14H24BrN3O2S. The summed E-state index contributed by atoms with van der Waals surface area (Å²) in [6.07, 6.45) is 0. The minimum atomic E-state index is -3.51. The monoisotopic (exact) mass is 377 g/mol. The predicted octanol–water partition coefficient (Wildman–Crippen LogP) is 1.71. The van der Waals surface area contributed by atoms with Crippen molar-refractivity contribution in [2.24, 2.45) is 0 Å². The van der Waals surface area contributed by atoms with Gasteiger partial charge >= 0.3 is 0 Å². The van der Waals surface area contributed by atoms with Crippen molar-refractivity contribution in [1.29, 1.82) is 0 Å². The van der Waals surface area contributed by atoms with Crippen LogP contribution in [0.15, 0.2) is 21.5 Å². The number of benzene rings is 1. The Morgan fingerprint density at radius 3 is 2.57 bits per heavy atom. The lowest BCUT2D eigenvalue weighted by atomic mass is 10.1. The Balaban J connectivity index is 2.96. The second-order valence-electron chi connectivity index (χ2n) is 5.05. The van der Waals surface area contributed by atoms with Gasteiger partial charge in [-0.1, -0.05) is 13.0 Å². The number of hydrogen-bond donors (Lipinski definition) is 2. The molecule has 0 saturated carbocycles. The summed E-state index contributed by atoms with van der Waals surface area (Å²) < 4.78 is 28.2. The number of rotatable bonds is 8. The number of nitrogens with one attached hydrogen (secondary N) is 2. The first-order chi connectivity index (χ1) is 9.81. The SMILES string of the molecule is CCN(C)CCNS(=O)(=O)c1cc(CNC)cc(C)c1Br. The summed E-state index contributed by atoms with van der Waals surface area (Å²) in [6, 6.07) is 3.68. The molecule has 0 aliphatic heterocycles. The van der Waals surface area contributed by atoms with E-state index in [-0.39, 0.29) is 0 Å². The number of aryl methyl sites for hydroxylation is 1. The summed E-state index contributed by atoms with van der Waals surface area (Å²) in [5, 5.41) is 3.04. The highest BCUT2D eigenvalue weighted by Crippen LogP contribution is 2.27. The standard InChI is InChI=1S/C14H24BrN3O2S/c1-5-18(4)7-6-17-21(19,20)13-9-12(10-16-3)8-11(2)14(13)15/h8-9,16-17H,5-7,10H2,1-4H3. The second-order valence-corrected chi connectivity index (χ2v) is 7.58. The molecule has 0 amide bonds. The summed E-state index contributed by atoms with van der Waals surface area (Å²) in [5.41, 5.74) is 1.86. The largest absolute Gasteiger partial charge is 0.316 e. The van der Waals surface area contributed by atoms with E-state index in [2.05, 4.69) is 30.9 Å². The van der Waals surface area contributed by atoms with E-state index in [1.165, 1.54) is 0 Å². The maximum atomic E-state index is 12.5. The van der Waals surface area contributed by atoms with Crippen LogP contribution in [0.25, 0.3) is 0 Å². The van der Waals surface area contributed by atoms with Gasteiger partial charge < -0.3 is 10.2 Å². The molecule has 0 spiro atoms. The summed E-state index contributed by atoms with van der Waals surface area (Å²) in [5.74, 6) is 0. The van der Waals surface area contributed by atoms with E-state index in [1.54, 1.807) is 6.07 Å². The average Bonchev–Trinajstić information content (AvgIpc) is 2.42. The van der Waals surface area contributed by atoms with Gasteiger partial charge in [0.25, 0.3) is 0 Å². The van der Waals surface area contributed by atoms with Gasteiger partial charge in [-0.3, -0.25) is 0 Å². The Kier molecular flexibility index (Phi) is 7.29. The van der Waals surface area contributed by atoms with Gasteiger partial charge in [0.2, 0.25) is 10.0 Å². The van der Waals surface area contributed by atoms with Crippen LogP contribution in [-0.4, -0.2) is 47.0 Å². The maximum absolute atomic E-state index is 12.5. The average molecular weight is 378 g/mol. The molecule has 21 heavy (non-hydrogen) atoms. The molecule has 0 atom stereocenters. The zero-order valence-electron chi connectivity index (χ0n) is 13.0. The zero-order chi connectivity index (χ0) is 16.0. The van der Waals surface area contributed by atoms with E-state index in [0.717, 1.165) is 17.7 Å². The lowest BCUT2D eigenvalue weighted by Gasteiger charge is -2.16. The van der Waals surface area contributed by atoms with Crippen molar-refractivity contribution in [3.63, 3.8) is 0 Å². The zero-order valence-corrected chi connectivity index (χ0v) is 15.4. The third kappa shape index (κ3) is 5.34. The van der Waals surface area contributed by atoms with Gasteiger partial charge in [0, 0.05) is 24.1 Å². The lowest BCUT2D eigenvalue weighted by molar-refractivity contribution is 0.358. The Labute approximate surface area is 136 Å². The molecule has 0 unspecified atom stereocenters. The highest BCUT2D eigenvalue weighted by Gasteiger charge is 2.19. The van der Waals surface area contributed by atoms with E-state index in [4.69, 9.17) is 0 Å². The molecule has 0 aliphatic carbocycles. The van der Waals surface area contributed by atoms with Gasteiger partial charge in [-0.05, 0) is 60.7 Å². The second kappa shape index (κ2) is 8.24.